The predicted molar refractivity (Wildman–Crippen MR) is 96.6 cm³/mol. The third kappa shape index (κ3) is 6.21. The van der Waals surface area contributed by atoms with Gasteiger partial charge in [0.05, 0.1) is 14.9 Å². The quantitative estimate of drug-likeness (QED) is 0.664. The summed E-state index contributed by atoms with van der Waals surface area (Å²) in [6.07, 6.45) is 0. The first-order valence-electron chi connectivity index (χ1n) is 7.28. The second-order valence-corrected chi connectivity index (χ2v) is 7.51. The van der Waals surface area contributed by atoms with E-state index in [1.54, 1.807) is 30.3 Å². The lowest BCUT2D eigenvalue weighted by Crippen LogP contribution is -2.36. The van der Waals surface area contributed by atoms with Crippen LogP contribution in [-0.4, -0.2) is 34.0 Å². The van der Waals surface area contributed by atoms with Crippen molar-refractivity contribution in [1.29, 1.82) is 0 Å². The minimum absolute atomic E-state index is 0.0652. The molecule has 0 aliphatic heterocycles. The maximum Gasteiger partial charge on any atom is 0.257 e. The Bertz CT molecular complexity index is 829. The molecule has 0 aromatic heterocycles. The van der Waals surface area contributed by atoms with Gasteiger partial charge in [0.25, 0.3) is 5.91 Å². The number of rotatable bonds is 8. The van der Waals surface area contributed by atoms with Crippen LogP contribution in [0.3, 0.4) is 0 Å². The van der Waals surface area contributed by atoms with Crippen molar-refractivity contribution in [3.8, 4) is 5.75 Å². The number of benzene rings is 2. The van der Waals surface area contributed by atoms with Gasteiger partial charge >= 0.3 is 0 Å². The fourth-order valence-corrected chi connectivity index (χ4v) is 3.18. The number of hydrogen-bond acceptors (Lipinski definition) is 4. The van der Waals surface area contributed by atoms with Crippen molar-refractivity contribution in [2.24, 2.45) is 0 Å². The van der Waals surface area contributed by atoms with Crippen LogP contribution in [0.2, 0.25) is 10.0 Å². The van der Waals surface area contributed by atoms with Gasteiger partial charge in [-0.15, -0.1) is 0 Å². The van der Waals surface area contributed by atoms with E-state index in [9.17, 15) is 13.2 Å². The molecular formula is C16H16Cl2N2O4S. The molecule has 0 fully saturated rings. The van der Waals surface area contributed by atoms with Gasteiger partial charge in [-0.3, -0.25) is 4.79 Å². The largest absolute Gasteiger partial charge is 0.484 e. The van der Waals surface area contributed by atoms with Crippen LogP contribution in [0, 0.1) is 0 Å². The Morgan fingerprint density at radius 1 is 1.00 bits per heavy atom. The molecule has 25 heavy (non-hydrogen) atoms. The molecule has 134 valence electrons. The van der Waals surface area contributed by atoms with Gasteiger partial charge in [0, 0.05) is 19.2 Å². The van der Waals surface area contributed by atoms with Crippen LogP contribution >= 0.6 is 23.2 Å². The van der Waals surface area contributed by atoms with Crippen LogP contribution in [-0.2, 0) is 14.8 Å². The monoisotopic (exact) mass is 402 g/mol. The summed E-state index contributed by atoms with van der Waals surface area (Å²) in [6.45, 7) is -0.0191. The topological polar surface area (TPSA) is 84.5 Å². The lowest BCUT2D eigenvalue weighted by Gasteiger charge is -2.09. The number of ether oxygens (including phenoxy) is 1. The zero-order chi connectivity index (χ0) is 18.3. The average Bonchev–Trinajstić information content (AvgIpc) is 2.60. The Morgan fingerprint density at radius 3 is 2.40 bits per heavy atom. The maximum absolute atomic E-state index is 12.0. The van der Waals surface area contributed by atoms with Crippen molar-refractivity contribution in [2.45, 2.75) is 4.90 Å². The van der Waals surface area contributed by atoms with E-state index in [1.165, 1.54) is 18.2 Å². The summed E-state index contributed by atoms with van der Waals surface area (Å²) in [6, 6.07) is 12.6. The molecule has 0 heterocycles. The Kier molecular flexibility index (Phi) is 7.07. The molecular weight excluding hydrogens is 387 g/mol. The molecule has 2 aromatic carbocycles. The highest BCUT2D eigenvalue weighted by molar-refractivity contribution is 7.89. The van der Waals surface area contributed by atoms with E-state index in [4.69, 9.17) is 27.9 Å². The highest BCUT2D eigenvalue weighted by Crippen LogP contribution is 2.26. The molecule has 0 saturated heterocycles. The third-order valence-corrected chi connectivity index (χ3v) is 5.27. The molecule has 0 aliphatic carbocycles. The highest BCUT2D eigenvalue weighted by Gasteiger charge is 2.12. The number of amides is 1. The predicted octanol–water partition coefficient (Wildman–Crippen LogP) is 2.47. The summed E-state index contributed by atoms with van der Waals surface area (Å²) >= 11 is 11.6. The highest BCUT2D eigenvalue weighted by atomic mass is 35.5. The molecule has 2 rings (SSSR count). The number of carbonyl (C=O) groups is 1. The number of sulfonamides is 1. The van der Waals surface area contributed by atoms with Gasteiger partial charge in [0.1, 0.15) is 5.75 Å². The van der Waals surface area contributed by atoms with E-state index in [0.29, 0.717) is 15.8 Å². The van der Waals surface area contributed by atoms with Gasteiger partial charge in [-0.1, -0.05) is 41.4 Å². The summed E-state index contributed by atoms with van der Waals surface area (Å²) in [7, 11) is -3.58. The Hall–Kier alpha value is -1.80. The molecule has 0 aliphatic rings. The Balaban J connectivity index is 1.71. The number of carbonyl (C=O) groups excluding carboxylic acids is 1. The van der Waals surface area contributed by atoms with Crippen molar-refractivity contribution < 1.29 is 17.9 Å². The first-order valence-corrected chi connectivity index (χ1v) is 9.51. The molecule has 0 atom stereocenters. The molecule has 0 bridgehead atoms. The van der Waals surface area contributed by atoms with E-state index in [1.807, 2.05) is 0 Å². The van der Waals surface area contributed by atoms with Crippen LogP contribution in [0.4, 0.5) is 0 Å². The molecule has 1 amide bonds. The van der Waals surface area contributed by atoms with E-state index >= 15 is 0 Å². The summed E-state index contributed by atoms with van der Waals surface area (Å²) < 4.78 is 31.6. The summed E-state index contributed by atoms with van der Waals surface area (Å²) in [4.78, 5) is 11.9. The third-order valence-electron chi connectivity index (χ3n) is 3.05. The lowest BCUT2D eigenvalue weighted by atomic mass is 10.3. The van der Waals surface area contributed by atoms with E-state index in [-0.39, 0.29) is 30.5 Å². The average molecular weight is 403 g/mol. The SMILES string of the molecule is O=C(COc1ccc(Cl)c(Cl)c1)NCCNS(=O)(=O)c1ccccc1. The minimum Gasteiger partial charge on any atom is -0.484 e. The molecule has 9 heteroatoms. The van der Waals surface area contributed by atoms with E-state index in [0.717, 1.165) is 0 Å². The van der Waals surface area contributed by atoms with Crippen LogP contribution in [0.1, 0.15) is 0 Å². The smallest absolute Gasteiger partial charge is 0.257 e. The Morgan fingerprint density at radius 2 is 1.72 bits per heavy atom. The van der Waals surface area contributed by atoms with E-state index in [2.05, 4.69) is 10.0 Å². The number of nitrogens with one attached hydrogen (secondary N) is 2. The standard InChI is InChI=1S/C16H16Cl2N2O4S/c17-14-7-6-12(10-15(14)18)24-11-16(21)19-8-9-20-25(22,23)13-4-2-1-3-5-13/h1-7,10,20H,8-9,11H2,(H,19,21). The second kappa shape index (κ2) is 9.05. The zero-order valence-electron chi connectivity index (χ0n) is 13.0. The molecule has 2 aromatic rings. The van der Waals surface area contributed by atoms with Gasteiger partial charge in [0.15, 0.2) is 6.61 Å². The van der Waals surface area contributed by atoms with Gasteiger partial charge in [-0.05, 0) is 24.3 Å². The fourth-order valence-electron chi connectivity index (χ4n) is 1.84. The van der Waals surface area contributed by atoms with Gasteiger partial charge in [-0.2, -0.15) is 0 Å². The van der Waals surface area contributed by atoms with Crippen molar-refractivity contribution >= 4 is 39.1 Å². The van der Waals surface area contributed by atoms with Crippen molar-refractivity contribution in [2.75, 3.05) is 19.7 Å². The first-order chi connectivity index (χ1) is 11.9. The summed E-state index contributed by atoms with van der Waals surface area (Å²) in [5.41, 5.74) is 0. The maximum atomic E-state index is 12.0. The normalized spacial score (nSPS) is 11.1. The van der Waals surface area contributed by atoms with Crippen molar-refractivity contribution in [3.05, 3.63) is 58.6 Å². The molecule has 2 N–H and O–H groups in total. The van der Waals surface area contributed by atoms with Gasteiger partial charge < -0.3 is 10.1 Å². The second-order valence-electron chi connectivity index (χ2n) is 4.93. The van der Waals surface area contributed by atoms with E-state index < -0.39 is 10.0 Å². The van der Waals surface area contributed by atoms with Crippen LogP contribution < -0.4 is 14.8 Å². The summed E-state index contributed by atoms with van der Waals surface area (Å²) in [5, 5.41) is 3.27. The first kappa shape index (κ1) is 19.5. The van der Waals surface area contributed by atoms with Crippen LogP contribution in [0.25, 0.3) is 0 Å². The zero-order valence-corrected chi connectivity index (χ0v) is 15.4. The van der Waals surface area contributed by atoms with Crippen molar-refractivity contribution in [1.82, 2.24) is 10.0 Å². The number of hydrogen-bond donors (Lipinski definition) is 2. The number of halogens is 2. The van der Waals surface area contributed by atoms with Gasteiger partial charge in [0.2, 0.25) is 10.0 Å². The molecule has 0 radical (unpaired) electrons. The molecule has 0 unspecified atom stereocenters. The molecule has 0 spiro atoms. The molecule has 6 nitrogen and oxygen atoms in total. The van der Waals surface area contributed by atoms with Gasteiger partial charge in [-0.25, -0.2) is 13.1 Å². The van der Waals surface area contributed by atoms with Crippen LogP contribution in [0.5, 0.6) is 5.75 Å². The molecule has 0 saturated carbocycles. The lowest BCUT2D eigenvalue weighted by molar-refractivity contribution is -0.123. The van der Waals surface area contributed by atoms with Crippen LogP contribution in [0.15, 0.2) is 53.4 Å². The fraction of sp³-hybridized carbons (Fsp3) is 0.188. The van der Waals surface area contributed by atoms with Crippen molar-refractivity contribution in [3.63, 3.8) is 0 Å². The summed E-state index contributed by atoms with van der Waals surface area (Å²) in [5.74, 6) is 0.0271. The Labute approximate surface area is 156 Å². The minimum atomic E-state index is -3.58.